The van der Waals surface area contributed by atoms with E-state index in [1.807, 2.05) is 33.0 Å². The number of anilines is 1. The van der Waals surface area contributed by atoms with Gasteiger partial charge < -0.3 is 14.7 Å². The summed E-state index contributed by atoms with van der Waals surface area (Å²) in [7, 11) is -1.78. The Morgan fingerprint density at radius 2 is 1.87 bits per heavy atom. The SMILES string of the molecule is C[C@H](CO)N1C[C@H](C)[C@H](CN(C)Cc2ccncc2)Oc2ccc(NS(=O)(=O)c3ccccc3)cc2CC1=O. The predicted octanol–water partition coefficient (Wildman–Crippen LogP) is 3.16. The van der Waals surface area contributed by atoms with Crippen LogP contribution < -0.4 is 9.46 Å². The number of aromatic nitrogens is 1. The number of benzene rings is 2. The summed E-state index contributed by atoms with van der Waals surface area (Å²) in [6.07, 6.45) is 3.29. The maximum Gasteiger partial charge on any atom is 0.261 e. The molecule has 9 nitrogen and oxygen atoms in total. The molecule has 3 aromatic rings. The van der Waals surface area contributed by atoms with E-state index in [1.165, 1.54) is 12.1 Å². The molecule has 0 bridgehead atoms. The first kappa shape index (κ1) is 28.5. The van der Waals surface area contributed by atoms with Gasteiger partial charge in [0.15, 0.2) is 0 Å². The third-order valence-corrected chi connectivity index (χ3v) is 8.31. The van der Waals surface area contributed by atoms with E-state index >= 15 is 0 Å². The fraction of sp³-hybridized carbons (Fsp3) is 0.379. The molecule has 3 atom stereocenters. The fourth-order valence-electron chi connectivity index (χ4n) is 4.70. The Morgan fingerprint density at radius 1 is 1.15 bits per heavy atom. The van der Waals surface area contributed by atoms with Crippen molar-refractivity contribution in [3.63, 3.8) is 0 Å². The van der Waals surface area contributed by atoms with Crippen LogP contribution in [0.5, 0.6) is 5.75 Å². The van der Waals surface area contributed by atoms with E-state index in [-0.39, 0.29) is 41.9 Å². The van der Waals surface area contributed by atoms with E-state index in [0.29, 0.717) is 36.6 Å². The number of ether oxygens (including phenoxy) is 1. The van der Waals surface area contributed by atoms with Crippen LogP contribution in [0, 0.1) is 5.92 Å². The van der Waals surface area contributed by atoms with Gasteiger partial charge in [0, 0.05) is 49.2 Å². The molecule has 208 valence electrons. The Hall–Kier alpha value is -3.47. The van der Waals surface area contributed by atoms with Crippen molar-refractivity contribution in [2.24, 2.45) is 5.92 Å². The number of pyridine rings is 1. The van der Waals surface area contributed by atoms with Crippen LogP contribution in [0.1, 0.15) is 25.0 Å². The normalized spacial score (nSPS) is 18.9. The zero-order chi connectivity index (χ0) is 28.0. The molecule has 4 rings (SSSR count). The minimum Gasteiger partial charge on any atom is -0.488 e. The number of nitrogens with zero attached hydrogens (tertiary/aromatic N) is 3. The van der Waals surface area contributed by atoms with Crippen molar-refractivity contribution < 1.29 is 23.1 Å². The number of nitrogens with one attached hydrogen (secondary N) is 1. The highest BCUT2D eigenvalue weighted by Gasteiger charge is 2.31. The van der Waals surface area contributed by atoms with Crippen LogP contribution in [-0.2, 0) is 27.8 Å². The molecule has 1 aromatic heterocycles. The van der Waals surface area contributed by atoms with Gasteiger partial charge >= 0.3 is 0 Å². The van der Waals surface area contributed by atoms with Gasteiger partial charge in [-0.3, -0.25) is 19.4 Å². The van der Waals surface area contributed by atoms with Crippen molar-refractivity contribution in [2.45, 2.75) is 43.9 Å². The van der Waals surface area contributed by atoms with Gasteiger partial charge in [0.05, 0.1) is 24.0 Å². The molecule has 0 saturated heterocycles. The van der Waals surface area contributed by atoms with E-state index in [9.17, 15) is 18.3 Å². The average molecular weight is 553 g/mol. The summed E-state index contributed by atoms with van der Waals surface area (Å²) < 4.78 is 35.0. The van der Waals surface area contributed by atoms with Crippen LogP contribution in [0.25, 0.3) is 0 Å². The number of aliphatic hydroxyl groups excluding tert-OH is 1. The number of amides is 1. The van der Waals surface area contributed by atoms with Crippen LogP contribution in [-0.4, -0.2) is 73.1 Å². The lowest BCUT2D eigenvalue weighted by Crippen LogP contribution is -2.47. The minimum absolute atomic E-state index is 0.0207. The number of rotatable bonds is 9. The number of aliphatic hydroxyl groups is 1. The second-order valence-corrected chi connectivity index (χ2v) is 11.9. The van der Waals surface area contributed by atoms with Gasteiger partial charge in [0.2, 0.25) is 5.91 Å². The predicted molar refractivity (Wildman–Crippen MR) is 150 cm³/mol. The molecule has 0 aliphatic carbocycles. The van der Waals surface area contributed by atoms with E-state index in [4.69, 9.17) is 4.74 Å². The minimum atomic E-state index is -3.80. The van der Waals surface area contributed by atoms with Gasteiger partial charge in [-0.1, -0.05) is 25.1 Å². The highest BCUT2D eigenvalue weighted by Crippen LogP contribution is 2.30. The molecular weight excluding hydrogens is 516 g/mol. The molecule has 10 heteroatoms. The Morgan fingerprint density at radius 3 is 2.56 bits per heavy atom. The Labute approximate surface area is 230 Å². The molecule has 2 heterocycles. The summed E-state index contributed by atoms with van der Waals surface area (Å²) >= 11 is 0. The van der Waals surface area contributed by atoms with E-state index < -0.39 is 10.0 Å². The molecule has 0 saturated carbocycles. The Balaban J connectivity index is 1.63. The maximum atomic E-state index is 13.4. The van der Waals surface area contributed by atoms with Crippen LogP contribution in [0.15, 0.2) is 78.0 Å². The monoisotopic (exact) mass is 552 g/mol. The largest absolute Gasteiger partial charge is 0.488 e. The highest BCUT2D eigenvalue weighted by molar-refractivity contribution is 7.92. The summed E-state index contributed by atoms with van der Waals surface area (Å²) in [6.45, 7) is 5.44. The number of fused-ring (bicyclic) bond motifs is 1. The van der Waals surface area contributed by atoms with Crippen molar-refractivity contribution in [1.82, 2.24) is 14.8 Å². The standard InChI is InChI=1S/C29H36N4O5S/c1-21-17-33(22(2)20-34)29(35)16-24-15-25(31-39(36,37)26-7-5-4-6-8-26)9-10-27(24)38-28(21)19-32(3)18-23-11-13-30-14-12-23/h4-15,21-22,28,31,34H,16-20H2,1-3H3/t21-,22+,28-/m0/s1. The quantitative estimate of drug-likeness (QED) is 0.419. The molecule has 0 unspecified atom stereocenters. The number of hydrogen-bond donors (Lipinski definition) is 2. The molecule has 39 heavy (non-hydrogen) atoms. The van der Waals surface area contributed by atoms with Crippen molar-refractivity contribution in [1.29, 1.82) is 0 Å². The van der Waals surface area contributed by atoms with Crippen molar-refractivity contribution in [2.75, 3.05) is 31.5 Å². The summed E-state index contributed by atoms with van der Waals surface area (Å²) in [5.41, 5.74) is 2.05. The summed E-state index contributed by atoms with van der Waals surface area (Å²) in [5.74, 6) is 0.353. The van der Waals surface area contributed by atoms with Crippen LogP contribution in [0.4, 0.5) is 5.69 Å². The topological polar surface area (TPSA) is 112 Å². The molecule has 0 fully saturated rings. The summed E-state index contributed by atoms with van der Waals surface area (Å²) in [4.78, 5) is 21.5. The Kier molecular flexibility index (Phi) is 9.21. The summed E-state index contributed by atoms with van der Waals surface area (Å²) in [5, 5.41) is 9.86. The molecule has 2 aromatic carbocycles. The molecule has 0 radical (unpaired) electrons. The zero-order valence-corrected chi connectivity index (χ0v) is 23.3. The summed E-state index contributed by atoms with van der Waals surface area (Å²) in [6, 6.07) is 16.7. The number of carbonyl (C=O) groups is 1. The second-order valence-electron chi connectivity index (χ2n) is 10.2. The molecule has 0 spiro atoms. The second kappa shape index (κ2) is 12.6. The highest BCUT2D eigenvalue weighted by atomic mass is 32.2. The fourth-order valence-corrected chi connectivity index (χ4v) is 5.77. The molecule has 2 N–H and O–H groups in total. The van der Waals surface area contributed by atoms with E-state index in [0.717, 1.165) is 5.56 Å². The number of carbonyl (C=O) groups excluding carboxylic acids is 1. The van der Waals surface area contributed by atoms with Gasteiger partial charge in [-0.05, 0) is 62.0 Å². The van der Waals surface area contributed by atoms with Crippen LogP contribution >= 0.6 is 0 Å². The first-order valence-electron chi connectivity index (χ1n) is 13.0. The van der Waals surface area contributed by atoms with Gasteiger partial charge in [0.25, 0.3) is 10.0 Å². The van der Waals surface area contributed by atoms with E-state index in [1.54, 1.807) is 53.7 Å². The lowest BCUT2D eigenvalue weighted by molar-refractivity contribution is -0.134. The van der Waals surface area contributed by atoms with Crippen LogP contribution in [0.2, 0.25) is 0 Å². The molecular formula is C29H36N4O5S. The zero-order valence-electron chi connectivity index (χ0n) is 22.5. The van der Waals surface area contributed by atoms with Gasteiger partial charge in [-0.15, -0.1) is 0 Å². The number of sulfonamides is 1. The van der Waals surface area contributed by atoms with Crippen molar-refractivity contribution in [3.05, 3.63) is 84.2 Å². The average Bonchev–Trinajstić information content (AvgIpc) is 2.96. The van der Waals surface area contributed by atoms with Gasteiger partial charge in [0.1, 0.15) is 11.9 Å². The lowest BCUT2D eigenvalue weighted by atomic mass is 10.0. The van der Waals surface area contributed by atoms with Gasteiger partial charge in [-0.2, -0.15) is 0 Å². The van der Waals surface area contributed by atoms with Crippen LogP contribution in [0.3, 0.4) is 0 Å². The smallest absolute Gasteiger partial charge is 0.261 e. The third kappa shape index (κ3) is 7.35. The lowest BCUT2D eigenvalue weighted by Gasteiger charge is -2.34. The number of hydrogen-bond acceptors (Lipinski definition) is 7. The number of likely N-dealkylation sites (N-methyl/N-ethyl adjacent to an activating group) is 1. The first-order chi connectivity index (χ1) is 18.7. The third-order valence-electron chi connectivity index (χ3n) is 6.92. The molecule has 1 aliphatic heterocycles. The van der Waals surface area contributed by atoms with Crippen molar-refractivity contribution in [3.8, 4) is 5.75 Å². The van der Waals surface area contributed by atoms with Crippen molar-refractivity contribution >= 4 is 21.6 Å². The molecule has 1 aliphatic rings. The molecule has 1 amide bonds. The Bertz CT molecular complexity index is 1350. The van der Waals surface area contributed by atoms with Gasteiger partial charge in [-0.25, -0.2) is 8.42 Å². The van der Waals surface area contributed by atoms with E-state index in [2.05, 4.69) is 14.6 Å². The first-order valence-corrected chi connectivity index (χ1v) is 14.5. The maximum absolute atomic E-state index is 13.4.